The van der Waals surface area contributed by atoms with Gasteiger partial charge in [0.15, 0.2) is 28.7 Å². The summed E-state index contributed by atoms with van der Waals surface area (Å²) in [5.74, 6) is -5.14. The third kappa shape index (κ3) is 4.76. The molecular weight excluding hydrogens is 332 g/mol. The molecule has 1 rings (SSSR count). The summed E-state index contributed by atoms with van der Waals surface area (Å²) < 4.78 is 0. The highest BCUT2D eigenvalue weighted by molar-refractivity contribution is 6.33. The van der Waals surface area contributed by atoms with Crippen LogP contribution < -0.4 is 0 Å². The largest absolute Gasteiger partial charge is 0.374 e. The quantitative estimate of drug-likeness (QED) is 0.502. The molecule has 1 aliphatic carbocycles. The first-order valence-corrected chi connectivity index (χ1v) is 9.42. The van der Waals surface area contributed by atoms with E-state index in [0.717, 1.165) is 5.57 Å². The molecule has 0 heterocycles. The van der Waals surface area contributed by atoms with Gasteiger partial charge in [0, 0.05) is 12.8 Å². The van der Waals surface area contributed by atoms with Crippen LogP contribution in [0.2, 0.25) is 0 Å². The Bertz CT molecular complexity index is 610. The van der Waals surface area contributed by atoms with E-state index < -0.39 is 40.6 Å². The number of carbonyl (C=O) groups is 4. The molecule has 0 saturated heterocycles. The van der Waals surface area contributed by atoms with E-state index in [0.29, 0.717) is 6.42 Å². The molecule has 1 aliphatic rings. The summed E-state index contributed by atoms with van der Waals surface area (Å²) in [4.78, 5) is 50.9. The Morgan fingerprint density at radius 3 is 2.15 bits per heavy atom. The lowest BCUT2D eigenvalue weighted by atomic mass is 9.81. The summed E-state index contributed by atoms with van der Waals surface area (Å²) in [5.41, 5.74) is -1.46. The summed E-state index contributed by atoms with van der Waals surface area (Å²) >= 11 is 0. The van der Waals surface area contributed by atoms with Crippen molar-refractivity contribution in [1.29, 1.82) is 0 Å². The van der Waals surface area contributed by atoms with Gasteiger partial charge in [-0.05, 0) is 38.5 Å². The maximum absolute atomic E-state index is 12.9. The smallest absolute Gasteiger partial charge is 0.192 e. The van der Waals surface area contributed by atoms with Crippen molar-refractivity contribution in [3.05, 3.63) is 11.6 Å². The molecule has 0 amide bonds. The highest BCUT2D eigenvalue weighted by Crippen LogP contribution is 2.39. The normalized spacial score (nSPS) is 25.9. The summed E-state index contributed by atoms with van der Waals surface area (Å²) in [7, 11) is 0. The molecule has 2 unspecified atom stereocenters. The van der Waals surface area contributed by atoms with E-state index in [1.54, 1.807) is 6.08 Å². The molecule has 0 aromatic carbocycles. The summed E-state index contributed by atoms with van der Waals surface area (Å²) in [6.07, 6.45) is 2.42. The number of ketones is 4. The van der Waals surface area contributed by atoms with E-state index in [4.69, 9.17) is 0 Å². The van der Waals surface area contributed by atoms with Crippen molar-refractivity contribution in [1.82, 2.24) is 0 Å². The Morgan fingerprint density at radius 2 is 1.69 bits per heavy atom. The van der Waals surface area contributed by atoms with Crippen LogP contribution in [0.15, 0.2) is 11.6 Å². The molecule has 1 fully saturated rings. The Balaban J connectivity index is 3.26. The first-order valence-electron chi connectivity index (χ1n) is 9.42. The maximum atomic E-state index is 12.9. The van der Waals surface area contributed by atoms with Gasteiger partial charge in [0.25, 0.3) is 0 Å². The van der Waals surface area contributed by atoms with Crippen molar-refractivity contribution >= 4 is 23.1 Å². The fourth-order valence-electron chi connectivity index (χ4n) is 3.34. The first-order chi connectivity index (χ1) is 11.9. The third-order valence-electron chi connectivity index (χ3n) is 4.84. The minimum atomic E-state index is -2.38. The van der Waals surface area contributed by atoms with Gasteiger partial charge in [-0.15, -0.1) is 0 Å². The number of carbonyl (C=O) groups excluding carboxylic acids is 4. The number of hydrogen-bond acceptors (Lipinski definition) is 5. The molecule has 1 saturated carbocycles. The van der Waals surface area contributed by atoms with Crippen LogP contribution >= 0.6 is 0 Å². The van der Waals surface area contributed by atoms with Gasteiger partial charge < -0.3 is 5.11 Å². The van der Waals surface area contributed by atoms with Crippen molar-refractivity contribution in [2.45, 2.75) is 72.8 Å². The molecule has 5 nitrogen and oxygen atoms in total. The lowest BCUT2D eigenvalue weighted by molar-refractivity contribution is -0.154. The average Bonchev–Trinajstić information content (AvgIpc) is 2.69. The summed E-state index contributed by atoms with van der Waals surface area (Å²) in [6.45, 7) is 11.2. The number of rotatable bonds is 9. The monoisotopic (exact) mass is 364 g/mol. The fraction of sp³-hybridized carbons (Fsp3) is 0.714. The van der Waals surface area contributed by atoms with Crippen LogP contribution in [0.25, 0.3) is 0 Å². The zero-order chi connectivity index (χ0) is 20.2. The van der Waals surface area contributed by atoms with Crippen LogP contribution in [0.1, 0.15) is 67.2 Å². The van der Waals surface area contributed by atoms with Crippen LogP contribution in [0.5, 0.6) is 0 Å². The maximum Gasteiger partial charge on any atom is 0.192 e. The fourth-order valence-corrected chi connectivity index (χ4v) is 3.34. The molecule has 146 valence electrons. The SMILES string of the molecule is CC(C)=CC[C@@H]1C(=O)C(C(=O)CC(C)C)C(=O)C1(O)C(=O)CCC(C)C. The van der Waals surface area contributed by atoms with E-state index in [2.05, 4.69) is 0 Å². The standard InChI is InChI=1S/C21H32O5/c1-12(2)7-9-15-19(24)18(16(22)11-14(5)6)20(25)21(15,26)17(23)10-8-13(3)4/h7,13-15,18,26H,8-11H2,1-6H3/t15-,18?,21?/m1/s1. The van der Waals surface area contributed by atoms with Gasteiger partial charge in [-0.25, -0.2) is 0 Å². The third-order valence-corrected chi connectivity index (χ3v) is 4.84. The number of allylic oxidation sites excluding steroid dienone is 2. The summed E-state index contributed by atoms with van der Waals surface area (Å²) in [5, 5.41) is 11.0. The van der Waals surface area contributed by atoms with E-state index in [1.165, 1.54) is 0 Å². The minimum absolute atomic E-state index is 0.00957. The molecule has 0 aliphatic heterocycles. The van der Waals surface area contributed by atoms with Crippen molar-refractivity contribution in [3.63, 3.8) is 0 Å². The zero-order valence-electron chi connectivity index (χ0n) is 16.8. The van der Waals surface area contributed by atoms with Crippen molar-refractivity contribution in [2.75, 3.05) is 0 Å². The zero-order valence-corrected chi connectivity index (χ0v) is 16.8. The van der Waals surface area contributed by atoms with Gasteiger partial charge in [-0.1, -0.05) is 39.3 Å². The van der Waals surface area contributed by atoms with Gasteiger partial charge in [-0.3, -0.25) is 19.2 Å². The van der Waals surface area contributed by atoms with Crippen molar-refractivity contribution in [3.8, 4) is 0 Å². The lowest BCUT2D eigenvalue weighted by Crippen LogP contribution is -2.50. The Morgan fingerprint density at radius 1 is 1.12 bits per heavy atom. The Kier molecular flexibility index (Phi) is 7.63. The number of aliphatic hydroxyl groups is 1. The molecule has 0 bridgehead atoms. The second-order valence-corrected chi connectivity index (χ2v) is 8.46. The van der Waals surface area contributed by atoms with Crippen LogP contribution in [0.3, 0.4) is 0 Å². The van der Waals surface area contributed by atoms with Crippen LogP contribution in [-0.4, -0.2) is 33.8 Å². The van der Waals surface area contributed by atoms with E-state index >= 15 is 0 Å². The van der Waals surface area contributed by atoms with E-state index in [1.807, 2.05) is 41.5 Å². The van der Waals surface area contributed by atoms with Crippen LogP contribution in [0, 0.1) is 23.7 Å². The van der Waals surface area contributed by atoms with Gasteiger partial charge in [-0.2, -0.15) is 0 Å². The van der Waals surface area contributed by atoms with Gasteiger partial charge in [0.2, 0.25) is 0 Å². The molecule has 5 heteroatoms. The Hall–Kier alpha value is -1.62. The van der Waals surface area contributed by atoms with Gasteiger partial charge in [0.1, 0.15) is 5.92 Å². The highest BCUT2D eigenvalue weighted by Gasteiger charge is 2.64. The summed E-state index contributed by atoms with van der Waals surface area (Å²) in [6, 6.07) is 0. The average molecular weight is 364 g/mol. The van der Waals surface area contributed by atoms with E-state index in [9.17, 15) is 24.3 Å². The molecule has 1 N–H and O–H groups in total. The highest BCUT2D eigenvalue weighted by atomic mass is 16.3. The van der Waals surface area contributed by atoms with Crippen molar-refractivity contribution in [2.24, 2.45) is 23.7 Å². The van der Waals surface area contributed by atoms with Crippen molar-refractivity contribution < 1.29 is 24.3 Å². The molecule has 0 aromatic rings. The predicted molar refractivity (Wildman–Crippen MR) is 99.5 cm³/mol. The lowest BCUT2D eigenvalue weighted by Gasteiger charge is -2.25. The minimum Gasteiger partial charge on any atom is -0.374 e. The molecular formula is C21H32O5. The molecule has 0 aromatic heterocycles. The molecule has 26 heavy (non-hydrogen) atoms. The van der Waals surface area contributed by atoms with E-state index in [-0.39, 0.29) is 31.1 Å². The topological polar surface area (TPSA) is 88.5 Å². The molecule has 3 atom stereocenters. The number of hydrogen-bond donors (Lipinski definition) is 1. The Labute approximate surface area is 156 Å². The molecule has 0 radical (unpaired) electrons. The first kappa shape index (κ1) is 22.4. The van der Waals surface area contributed by atoms with Gasteiger partial charge in [0.05, 0.1) is 5.92 Å². The second-order valence-electron chi connectivity index (χ2n) is 8.46. The van der Waals surface area contributed by atoms with Crippen LogP contribution in [-0.2, 0) is 19.2 Å². The molecule has 0 spiro atoms. The van der Waals surface area contributed by atoms with Crippen LogP contribution in [0.4, 0.5) is 0 Å². The second kappa shape index (κ2) is 8.85. The number of Topliss-reactive ketones (excluding diaryl/α,β-unsaturated/α-hetero) is 4. The predicted octanol–water partition coefficient (Wildman–Crippen LogP) is 3.08. The van der Waals surface area contributed by atoms with Gasteiger partial charge >= 0.3 is 0 Å².